The molecule has 2 saturated heterocycles. The van der Waals surface area contributed by atoms with Crippen LogP contribution in [0.1, 0.15) is 171 Å². The topological polar surface area (TPSA) is 380 Å². The monoisotopic (exact) mass is 1480 g/mol. The van der Waals surface area contributed by atoms with Gasteiger partial charge in [-0.15, -0.1) is 0 Å². The summed E-state index contributed by atoms with van der Waals surface area (Å²) in [6.45, 7) is 13.5. The third-order valence-corrected chi connectivity index (χ3v) is 25.1. The highest BCUT2D eigenvalue weighted by molar-refractivity contribution is 7.91. The van der Waals surface area contributed by atoms with Crippen molar-refractivity contribution in [2.75, 3.05) is 13.1 Å². The molecule has 0 bridgehead atoms. The third-order valence-electron chi connectivity index (χ3n) is 19.3. The SMILES string of the molecule is CC(C)(C)OC(=O)N[C@H]1CCCCC/C=C\[C@@H]2C[C@@]2(C(=O)NS(=O)(=O)C2(C)CC2)NC(=O)[C@@H]2C[C@@H](Oc3nc4ccc(F)cc4s3)CN2C1=O.CC(C)(C)OC(=O)N[C@H]1CCCCC/C=C\[C@@H]2C[C@@]2(C(=O)O)NC(=O)[C@@H]2C[C@@H](Oc3nc4ccc(F)cc4s3)CN2C1=O.CC1(S(N)(=O)=O)CC1. The number of hydrogen-bond acceptors (Lipinski definition) is 20. The van der Waals surface area contributed by atoms with Gasteiger partial charge in [-0.3, -0.25) is 28.7 Å². The van der Waals surface area contributed by atoms with Gasteiger partial charge >= 0.3 is 18.2 Å². The molecule has 10 atom stereocenters. The highest BCUT2D eigenvalue weighted by Crippen LogP contribution is 2.49. The molecule has 0 spiro atoms. The molecule has 0 radical (unpaired) electrons. The second kappa shape index (κ2) is 29.6. The Balaban J connectivity index is 0.000000197. The van der Waals surface area contributed by atoms with Crippen LogP contribution in [0.25, 0.3) is 20.4 Å². The molecule has 101 heavy (non-hydrogen) atoms. The lowest BCUT2D eigenvalue weighted by molar-refractivity contribution is -0.145. The molecule has 2 aromatic carbocycles. The van der Waals surface area contributed by atoms with Crippen molar-refractivity contribution >= 4 is 111 Å². The Morgan fingerprint density at radius 2 is 1.05 bits per heavy atom. The van der Waals surface area contributed by atoms with Gasteiger partial charge in [0.05, 0.1) is 43.0 Å². The molecule has 2 aromatic heterocycles. The second-order valence-electron chi connectivity index (χ2n) is 29.9. The number of fused-ring (bicyclic) bond motifs is 6. The summed E-state index contributed by atoms with van der Waals surface area (Å²) in [5.41, 5.74) is -3.46. The van der Waals surface area contributed by atoms with Crippen LogP contribution in [-0.4, -0.2) is 171 Å². The summed E-state index contributed by atoms with van der Waals surface area (Å²) < 4.78 is 99.6. The van der Waals surface area contributed by atoms with E-state index in [2.05, 4.69) is 36.0 Å². The van der Waals surface area contributed by atoms with Crippen molar-refractivity contribution in [3.63, 3.8) is 0 Å². The lowest BCUT2D eigenvalue weighted by Gasteiger charge is -2.30. The van der Waals surface area contributed by atoms with E-state index in [4.69, 9.17) is 24.1 Å². The fourth-order valence-electron chi connectivity index (χ4n) is 12.6. The van der Waals surface area contributed by atoms with E-state index in [1.807, 2.05) is 24.3 Å². The Labute approximate surface area is 593 Å². The Morgan fingerprint density at radius 1 is 0.634 bits per heavy atom. The maximum absolute atomic E-state index is 14.3. The third kappa shape index (κ3) is 18.6. The maximum atomic E-state index is 14.3. The van der Waals surface area contributed by atoms with E-state index in [0.717, 1.165) is 67.6 Å². The van der Waals surface area contributed by atoms with Crippen LogP contribution in [-0.2, 0) is 58.3 Å². The van der Waals surface area contributed by atoms with E-state index < -0.39 is 153 Å². The number of primary sulfonamides is 1. The lowest BCUT2D eigenvalue weighted by Crippen LogP contribution is -2.58. The number of carbonyl (C=O) groups excluding carboxylic acids is 7. The lowest BCUT2D eigenvalue weighted by atomic mass is 10.0. The molecule has 33 heteroatoms. The van der Waals surface area contributed by atoms with Crippen molar-refractivity contribution < 1.29 is 88.0 Å². The van der Waals surface area contributed by atoms with Crippen LogP contribution >= 0.6 is 22.7 Å². The van der Waals surface area contributed by atoms with Crippen molar-refractivity contribution in [3.8, 4) is 10.4 Å². The molecular weight excluding hydrogens is 1400 g/mol. The van der Waals surface area contributed by atoms with Crippen LogP contribution < -0.4 is 40.6 Å². The second-order valence-corrected chi connectivity index (χ2v) is 36.2. The summed E-state index contributed by atoms with van der Waals surface area (Å²) in [4.78, 5) is 119. The zero-order chi connectivity index (χ0) is 73.4. The fraction of sp³-hybridized carbons (Fsp3) is 0.618. The zero-order valence-corrected chi connectivity index (χ0v) is 61.0. The smallest absolute Gasteiger partial charge is 0.408 e. The number of aliphatic carboxylic acids is 1. The molecule has 8 aliphatic rings. The molecule has 12 rings (SSSR count). The minimum Gasteiger partial charge on any atom is -0.479 e. The highest BCUT2D eigenvalue weighted by atomic mass is 32.2. The first kappa shape index (κ1) is 76.0. The number of thiazole rings is 2. The number of nitrogens with two attached hydrogens (primary N) is 1. The van der Waals surface area contributed by atoms with Crippen LogP contribution in [0.4, 0.5) is 18.4 Å². The molecule has 6 heterocycles. The van der Waals surface area contributed by atoms with Crippen molar-refractivity contribution in [1.29, 1.82) is 0 Å². The van der Waals surface area contributed by atoms with Gasteiger partial charge in [0.25, 0.3) is 16.3 Å². The molecule has 4 saturated carbocycles. The number of ether oxygens (including phenoxy) is 4. The molecule has 4 aliphatic heterocycles. The van der Waals surface area contributed by atoms with Crippen molar-refractivity contribution in [2.24, 2.45) is 17.0 Å². The van der Waals surface area contributed by atoms with Gasteiger partial charge in [0.1, 0.15) is 70.3 Å². The molecule has 4 aromatic rings. The van der Waals surface area contributed by atoms with E-state index in [9.17, 15) is 69.1 Å². The van der Waals surface area contributed by atoms with Crippen LogP contribution in [0, 0.1) is 23.5 Å². The van der Waals surface area contributed by atoms with Crippen molar-refractivity contribution in [1.82, 2.24) is 45.8 Å². The summed E-state index contributed by atoms with van der Waals surface area (Å²) in [6, 6.07) is 4.23. The Bertz CT molecular complexity index is 4150. The molecule has 552 valence electrons. The quantitative estimate of drug-likeness (QED) is 0.0698. The number of nitrogens with one attached hydrogen (secondary N) is 5. The Kier molecular flexibility index (Phi) is 22.3. The van der Waals surface area contributed by atoms with Crippen molar-refractivity contribution in [2.45, 2.75) is 239 Å². The number of carboxylic acid groups (broad SMARTS) is 1. The first-order chi connectivity index (χ1) is 47.3. The number of benzene rings is 2. The first-order valence-electron chi connectivity index (χ1n) is 34.1. The van der Waals surface area contributed by atoms with E-state index in [1.54, 1.807) is 61.5 Å². The average Bonchev–Trinajstić information content (AvgIpc) is 1.57. The molecule has 6 fully saturated rings. The minimum atomic E-state index is -3.99. The summed E-state index contributed by atoms with van der Waals surface area (Å²) in [6.07, 6.45) is 14.0. The number of amides is 7. The number of carbonyl (C=O) groups is 8. The van der Waals surface area contributed by atoms with Gasteiger partial charge in [-0.05, 0) is 169 Å². The highest BCUT2D eigenvalue weighted by Gasteiger charge is 2.64. The summed E-state index contributed by atoms with van der Waals surface area (Å²) in [5.74, 6) is -5.80. The van der Waals surface area contributed by atoms with Crippen LogP contribution in [0.5, 0.6) is 10.4 Å². The number of carboxylic acids is 1. The normalized spacial score (nSPS) is 28.7. The number of allylic oxidation sites excluding steroid dienone is 2. The number of hydrogen-bond donors (Lipinski definition) is 7. The van der Waals surface area contributed by atoms with Gasteiger partial charge in [0.15, 0.2) is 0 Å². The molecule has 27 nitrogen and oxygen atoms in total. The summed E-state index contributed by atoms with van der Waals surface area (Å²) in [7, 11) is -7.22. The number of rotatable bonds is 11. The van der Waals surface area contributed by atoms with Gasteiger partial charge in [-0.25, -0.2) is 55.1 Å². The van der Waals surface area contributed by atoms with Gasteiger partial charge in [-0.1, -0.05) is 72.7 Å². The first-order valence-corrected chi connectivity index (χ1v) is 38.8. The Hall–Kier alpha value is -7.62. The predicted octanol–water partition coefficient (Wildman–Crippen LogP) is 8.05. The number of halogens is 2. The van der Waals surface area contributed by atoms with E-state index in [0.29, 0.717) is 65.4 Å². The molecule has 0 unspecified atom stereocenters. The Morgan fingerprint density at radius 3 is 1.45 bits per heavy atom. The standard InChI is InChI=1S/C34H44FN5O8S2.C30H37FN4O7S.C4H9NO2S/c1-32(2,3)48-30(44)36-24-11-9-7-5-6-8-10-20-18-34(20,29(43)39-50(45,46)33(4)14-15-33)38-27(41)25-17-22(19-40(25)28(24)42)47-31-37-23-13-12-21(35)16-26(23)49-31;1-29(2,3)42-27(40)32-21-10-8-6-4-5-7-9-17-15-30(17,26(38)39)34-24(36)22-14-19(16-35(22)25(21)37)41-28-33-20-12-11-18(31)13-23(20)43-28;1-4(2-3-4)8(5,6)7/h8,10,12-13,16,20,22,24-25H,5-7,9,11,14-15,17-19H2,1-4H3,(H,36,44)(H,38,41)(H,39,43);7,9,11-13,17,19,21-22H,4-6,8,10,14-16H2,1-3H3,(H,32,40)(H,34,36)(H,38,39);2-3H2,1H3,(H2,5,6,7)/b10-8-;9-7-;/t20-,22-,24+,25+,34-;17-,19-,21+,22+,30-;/m11./s1. The fourth-order valence-corrected chi connectivity index (χ4v) is 16.4. The van der Waals surface area contributed by atoms with Gasteiger partial charge in [0.2, 0.25) is 43.7 Å². The van der Waals surface area contributed by atoms with Crippen molar-refractivity contribution in [3.05, 3.63) is 72.3 Å². The minimum absolute atomic E-state index is 0.0110. The summed E-state index contributed by atoms with van der Waals surface area (Å²) >= 11 is 2.28. The number of nitrogens with zero attached hydrogens (tertiary/aromatic N) is 4. The van der Waals surface area contributed by atoms with E-state index in [1.165, 1.54) is 40.1 Å². The number of alkyl carbamates (subject to hydrolysis) is 2. The molecule has 4 aliphatic carbocycles. The molecule has 7 amide bonds. The van der Waals surface area contributed by atoms with Crippen LogP contribution in [0.15, 0.2) is 60.7 Å². The molecular formula is C68H90F2N10O17S4. The van der Waals surface area contributed by atoms with Crippen LogP contribution in [0.2, 0.25) is 0 Å². The summed E-state index contributed by atoms with van der Waals surface area (Å²) in [5, 5.41) is 26.3. The van der Waals surface area contributed by atoms with Crippen LogP contribution in [0.3, 0.4) is 0 Å². The number of sulfonamides is 2. The van der Waals surface area contributed by atoms with Gasteiger partial charge in [-0.2, -0.15) is 0 Å². The average molecular weight is 1490 g/mol. The maximum Gasteiger partial charge on any atom is 0.408 e. The van der Waals surface area contributed by atoms with E-state index in [-0.39, 0.29) is 55.1 Å². The number of aromatic nitrogens is 2. The van der Waals surface area contributed by atoms with Gasteiger partial charge < -0.3 is 55.1 Å². The zero-order valence-electron chi connectivity index (χ0n) is 57.8. The van der Waals surface area contributed by atoms with Gasteiger partial charge in [0, 0.05) is 24.7 Å². The van der Waals surface area contributed by atoms with E-state index >= 15 is 0 Å². The molecule has 8 N–H and O–H groups in total. The largest absolute Gasteiger partial charge is 0.479 e. The predicted molar refractivity (Wildman–Crippen MR) is 370 cm³/mol.